The predicted molar refractivity (Wildman–Crippen MR) is 72.7 cm³/mol. The normalized spacial score (nSPS) is 14.3. The van der Waals surface area contributed by atoms with Crippen LogP contribution in [0.4, 0.5) is 0 Å². The zero-order valence-corrected chi connectivity index (χ0v) is 10.3. The van der Waals surface area contributed by atoms with E-state index in [1.807, 2.05) is 21.6 Å². The van der Waals surface area contributed by atoms with Crippen molar-refractivity contribution < 1.29 is 0 Å². The van der Waals surface area contributed by atoms with Gasteiger partial charge in [0.25, 0.3) is 0 Å². The van der Waals surface area contributed by atoms with E-state index in [0.29, 0.717) is 0 Å². The van der Waals surface area contributed by atoms with Gasteiger partial charge in [-0.1, -0.05) is 26.3 Å². The number of rotatable bonds is 6. The molecule has 0 atom stereocenters. The summed E-state index contributed by atoms with van der Waals surface area (Å²) in [5, 5.41) is 9.19. The molecule has 0 aliphatic rings. The Labute approximate surface area is 85.7 Å². The Bertz CT molecular complexity index is 188. The van der Waals surface area contributed by atoms with E-state index in [9.17, 15) is 0 Å². The topological polar surface area (TPSA) is 0 Å². The summed E-state index contributed by atoms with van der Waals surface area (Å²) in [6.45, 7) is 15.5. The van der Waals surface area contributed by atoms with E-state index in [1.165, 1.54) is 0 Å². The highest BCUT2D eigenvalue weighted by molar-refractivity contribution is 8.52. The molecule has 0 aliphatic carbocycles. The molecule has 0 radical (unpaired) electrons. The quantitative estimate of drug-likeness (QED) is 0.618. The molecule has 0 rings (SSSR count). The molecule has 2 heteroatoms. The van der Waals surface area contributed by atoms with Crippen molar-refractivity contribution in [2.45, 2.75) is 0 Å². The average Bonchev–Trinajstić information content (AvgIpc) is 2.17. The Morgan fingerprint density at radius 2 is 1.00 bits per heavy atom. The zero-order chi connectivity index (χ0) is 10.5. The standard InChI is InChI=1S/C11H20S2/c1-7-12(5,8-2)11-13(6,9-3)10-4/h7-10H,1-4,11H2,5-6H3. The minimum absolute atomic E-state index is 0.874. The molecule has 0 amide bonds. The van der Waals surface area contributed by atoms with Crippen LogP contribution in [0.1, 0.15) is 0 Å². The summed E-state index contributed by atoms with van der Waals surface area (Å²) in [4.78, 5) is 0. The van der Waals surface area contributed by atoms with Gasteiger partial charge in [0.1, 0.15) is 0 Å². The van der Waals surface area contributed by atoms with Crippen molar-refractivity contribution in [2.75, 3.05) is 17.6 Å². The maximum absolute atomic E-state index is 3.87. The molecule has 0 heterocycles. The fourth-order valence-corrected chi connectivity index (χ4v) is 7.06. The summed E-state index contributed by atoms with van der Waals surface area (Å²) < 4.78 is 0. The Kier molecular flexibility index (Phi) is 4.65. The van der Waals surface area contributed by atoms with Gasteiger partial charge in [-0.25, -0.2) is 0 Å². The Morgan fingerprint density at radius 3 is 1.15 bits per heavy atom. The first-order valence-electron chi connectivity index (χ1n) is 3.97. The van der Waals surface area contributed by atoms with Crippen molar-refractivity contribution in [3.63, 3.8) is 0 Å². The molecule has 0 aromatic heterocycles. The van der Waals surface area contributed by atoms with Crippen LogP contribution in [0.2, 0.25) is 0 Å². The maximum atomic E-state index is 3.87. The van der Waals surface area contributed by atoms with Gasteiger partial charge in [0.15, 0.2) is 0 Å². The van der Waals surface area contributed by atoms with Crippen molar-refractivity contribution in [1.82, 2.24) is 0 Å². The first kappa shape index (κ1) is 12.7. The van der Waals surface area contributed by atoms with E-state index in [1.54, 1.807) is 0 Å². The van der Waals surface area contributed by atoms with Crippen LogP contribution in [-0.4, -0.2) is 17.6 Å². The third kappa shape index (κ3) is 3.49. The summed E-state index contributed by atoms with van der Waals surface area (Å²) in [5.41, 5.74) is 0. The van der Waals surface area contributed by atoms with Crippen molar-refractivity contribution in [2.24, 2.45) is 0 Å². The third-order valence-corrected chi connectivity index (χ3v) is 9.14. The van der Waals surface area contributed by atoms with Crippen LogP contribution >= 0.6 is 20.1 Å². The molecular weight excluding hydrogens is 196 g/mol. The lowest BCUT2D eigenvalue weighted by atomic mass is 11.2. The Morgan fingerprint density at radius 1 is 0.769 bits per heavy atom. The molecule has 0 spiro atoms. The highest BCUT2D eigenvalue weighted by atomic mass is 32.3. The molecule has 0 saturated heterocycles. The smallest absolute Gasteiger partial charge is 0.0205 e. The van der Waals surface area contributed by atoms with Gasteiger partial charge in [-0.15, -0.1) is 0 Å². The predicted octanol–water partition coefficient (Wildman–Crippen LogP) is 4.39. The third-order valence-electron chi connectivity index (χ3n) is 2.03. The Hall–Kier alpha value is -0.340. The molecule has 76 valence electrons. The van der Waals surface area contributed by atoms with Crippen molar-refractivity contribution >= 4 is 20.1 Å². The van der Waals surface area contributed by atoms with E-state index >= 15 is 0 Å². The van der Waals surface area contributed by atoms with Crippen LogP contribution in [0.25, 0.3) is 0 Å². The highest BCUT2D eigenvalue weighted by Crippen LogP contribution is 2.61. The summed E-state index contributed by atoms with van der Waals surface area (Å²) in [6, 6.07) is 0. The monoisotopic (exact) mass is 216 g/mol. The largest absolute Gasteiger partial charge is 0.196 e. The molecule has 0 saturated carbocycles. The van der Waals surface area contributed by atoms with Gasteiger partial charge in [-0.05, 0) is 34.1 Å². The lowest BCUT2D eigenvalue weighted by Gasteiger charge is -2.39. The maximum Gasteiger partial charge on any atom is 0.0205 e. The van der Waals surface area contributed by atoms with Gasteiger partial charge in [0.05, 0.1) is 0 Å². The van der Waals surface area contributed by atoms with E-state index < -0.39 is 20.1 Å². The van der Waals surface area contributed by atoms with E-state index in [4.69, 9.17) is 0 Å². The lowest BCUT2D eigenvalue weighted by Crippen LogP contribution is -2.02. The second kappa shape index (κ2) is 4.77. The summed E-state index contributed by atoms with van der Waals surface area (Å²) in [5.74, 6) is 0. The van der Waals surface area contributed by atoms with Gasteiger partial charge >= 0.3 is 0 Å². The molecular formula is C11H20S2. The SMILES string of the molecule is C=CS(C)(C=C)CS(C)(C=C)C=C. The molecule has 0 aromatic rings. The van der Waals surface area contributed by atoms with E-state index in [2.05, 4.69) is 38.8 Å². The van der Waals surface area contributed by atoms with Gasteiger partial charge < -0.3 is 0 Å². The molecule has 0 fully saturated rings. The van der Waals surface area contributed by atoms with Crippen LogP contribution in [0.5, 0.6) is 0 Å². The van der Waals surface area contributed by atoms with Crippen LogP contribution in [0.15, 0.2) is 47.9 Å². The summed E-state index contributed by atoms with van der Waals surface area (Å²) >= 11 is 0. The minimum Gasteiger partial charge on any atom is -0.196 e. The van der Waals surface area contributed by atoms with Crippen LogP contribution < -0.4 is 0 Å². The minimum atomic E-state index is -0.874. The summed E-state index contributed by atoms with van der Waals surface area (Å²) in [7, 11) is -1.75. The van der Waals surface area contributed by atoms with Crippen LogP contribution in [0.3, 0.4) is 0 Å². The Balaban J connectivity index is 4.74. The lowest BCUT2D eigenvalue weighted by molar-refractivity contribution is 1.99. The summed E-state index contributed by atoms with van der Waals surface area (Å²) in [6.07, 6.45) is 4.43. The highest BCUT2D eigenvalue weighted by Gasteiger charge is 2.19. The fraction of sp³-hybridized carbons (Fsp3) is 0.273. The average molecular weight is 216 g/mol. The molecule has 0 bridgehead atoms. The molecule has 13 heavy (non-hydrogen) atoms. The number of hydrogen-bond acceptors (Lipinski definition) is 0. The van der Waals surface area contributed by atoms with Crippen molar-refractivity contribution in [1.29, 1.82) is 0 Å². The van der Waals surface area contributed by atoms with Crippen molar-refractivity contribution in [3.8, 4) is 0 Å². The second-order valence-corrected chi connectivity index (χ2v) is 10.4. The van der Waals surface area contributed by atoms with Gasteiger partial charge in [-0.2, -0.15) is 20.1 Å². The molecule has 0 aromatic carbocycles. The molecule has 0 nitrogen and oxygen atoms in total. The zero-order valence-electron chi connectivity index (χ0n) is 8.66. The fourth-order valence-electron chi connectivity index (χ4n) is 0.876. The van der Waals surface area contributed by atoms with E-state index in [0.717, 1.165) is 5.08 Å². The first-order valence-corrected chi connectivity index (χ1v) is 8.64. The number of hydrogen-bond donors (Lipinski definition) is 0. The second-order valence-electron chi connectivity index (χ2n) is 3.24. The van der Waals surface area contributed by atoms with Crippen LogP contribution in [-0.2, 0) is 0 Å². The van der Waals surface area contributed by atoms with Gasteiger partial charge in [-0.3, -0.25) is 0 Å². The molecule has 0 aliphatic heterocycles. The van der Waals surface area contributed by atoms with Gasteiger partial charge in [0.2, 0.25) is 0 Å². The van der Waals surface area contributed by atoms with Crippen LogP contribution in [0, 0.1) is 0 Å². The van der Waals surface area contributed by atoms with Crippen molar-refractivity contribution in [3.05, 3.63) is 47.9 Å². The molecule has 0 N–H and O–H groups in total. The first-order chi connectivity index (χ1) is 5.95. The molecule has 0 unspecified atom stereocenters. The van der Waals surface area contributed by atoms with Gasteiger partial charge in [0, 0.05) is 5.08 Å². The van der Waals surface area contributed by atoms with E-state index in [-0.39, 0.29) is 0 Å².